The largest absolute Gasteiger partial charge is 0.480 e. The molecule has 13 atom stereocenters. The van der Waals surface area contributed by atoms with E-state index < -0.39 is 218 Å². The molecule has 0 aromatic carbocycles. The van der Waals surface area contributed by atoms with Crippen molar-refractivity contribution in [3.8, 4) is 0 Å². The summed E-state index contributed by atoms with van der Waals surface area (Å²) in [5, 5.41) is 69.7. The number of nitrogens with two attached hydrogens (primary N) is 5. The van der Waals surface area contributed by atoms with E-state index in [2.05, 4.69) is 68.8 Å². The van der Waals surface area contributed by atoms with Gasteiger partial charge in [-0.25, -0.2) is 4.79 Å². The van der Waals surface area contributed by atoms with E-state index in [1.807, 2.05) is 5.32 Å². The summed E-state index contributed by atoms with van der Waals surface area (Å²) in [7, 11) is 0. The molecular formula is C60H107N19O20. The zero-order valence-corrected chi connectivity index (χ0v) is 58.1. The van der Waals surface area contributed by atoms with Gasteiger partial charge in [0.1, 0.15) is 60.4 Å². The first-order valence-electron chi connectivity index (χ1n) is 32.5. The summed E-state index contributed by atoms with van der Waals surface area (Å²) in [4.78, 5) is 214. The highest BCUT2D eigenvalue weighted by molar-refractivity contribution is 6.00. The Balaban J connectivity index is 6.30. The number of primary amides is 2. The van der Waals surface area contributed by atoms with E-state index in [1.165, 1.54) is 6.92 Å². The summed E-state index contributed by atoms with van der Waals surface area (Å²) < 4.78 is 0. The van der Waals surface area contributed by atoms with Crippen LogP contribution in [0.5, 0.6) is 0 Å². The minimum atomic E-state index is -1.79. The molecule has 99 heavy (non-hydrogen) atoms. The predicted octanol–water partition coefficient (Wildman–Crippen LogP) is -8.86. The molecule has 39 heteroatoms. The van der Waals surface area contributed by atoms with Crippen LogP contribution in [-0.4, -0.2) is 232 Å². The van der Waals surface area contributed by atoms with Crippen molar-refractivity contribution in [1.82, 2.24) is 69.1 Å². The minimum Gasteiger partial charge on any atom is -0.480 e. The maximum atomic E-state index is 14.1. The molecule has 0 aliphatic rings. The van der Waals surface area contributed by atoms with Gasteiger partial charge in [0.2, 0.25) is 88.6 Å². The van der Waals surface area contributed by atoms with Crippen LogP contribution in [-0.2, 0) is 76.7 Å². The van der Waals surface area contributed by atoms with Gasteiger partial charge in [-0.1, -0.05) is 75.2 Å². The summed E-state index contributed by atoms with van der Waals surface area (Å²) in [5.74, 6) is -17.8. The number of hydrogen-bond donors (Lipinski definition) is 22. The molecule has 0 radical (unpaired) electrons. The van der Waals surface area contributed by atoms with E-state index in [1.54, 1.807) is 62.3 Å². The molecule has 0 bridgehead atoms. The molecule has 27 N–H and O–H groups in total. The van der Waals surface area contributed by atoms with Gasteiger partial charge in [-0.05, 0) is 76.0 Å². The number of nitrogens with zero attached hydrogens (tertiary/aromatic N) is 1. The number of aliphatic hydroxyl groups excluding tert-OH is 3. The van der Waals surface area contributed by atoms with Crippen LogP contribution in [0, 0.1) is 23.7 Å². The molecular weight excluding hydrogens is 1310 g/mol. The van der Waals surface area contributed by atoms with Crippen molar-refractivity contribution >= 4 is 101 Å². The Kier molecular flexibility index (Phi) is 41.7. The van der Waals surface area contributed by atoms with Crippen molar-refractivity contribution < 1.29 is 97.1 Å². The Morgan fingerprint density at radius 1 is 0.404 bits per heavy atom. The van der Waals surface area contributed by atoms with E-state index in [4.69, 9.17) is 28.7 Å². The molecule has 0 spiro atoms. The number of rotatable bonds is 48. The third kappa shape index (κ3) is 36.2. The zero-order chi connectivity index (χ0) is 76.1. The first kappa shape index (κ1) is 89.6. The lowest BCUT2D eigenvalue weighted by Crippen LogP contribution is -2.60. The Morgan fingerprint density at radius 2 is 0.768 bits per heavy atom. The lowest BCUT2D eigenvalue weighted by Gasteiger charge is -2.28. The summed E-state index contributed by atoms with van der Waals surface area (Å²) in [5.41, 5.74) is 27.3. The van der Waals surface area contributed by atoms with Gasteiger partial charge in [-0.3, -0.25) is 76.9 Å². The van der Waals surface area contributed by atoms with E-state index in [9.17, 15) is 97.1 Å². The molecule has 0 unspecified atom stereocenters. The molecule has 0 saturated heterocycles. The molecule has 0 rings (SSSR count). The van der Waals surface area contributed by atoms with E-state index in [0.717, 1.165) is 6.92 Å². The number of guanidine groups is 1. The minimum absolute atomic E-state index is 0.00252. The van der Waals surface area contributed by atoms with Gasteiger partial charge in [0, 0.05) is 6.54 Å². The number of carbonyl (C=O) groups excluding carboxylic acids is 15. The number of amides is 15. The Hall–Kier alpha value is -9.37. The van der Waals surface area contributed by atoms with Crippen molar-refractivity contribution in [2.75, 3.05) is 32.8 Å². The summed E-state index contributed by atoms with van der Waals surface area (Å²) in [6.07, 6.45) is -2.13. The average Bonchev–Trinajstić information content (AvgIpc) is 1.30. The first-order valence-corrected chi connectivity index (χ1v) is 32.5. The lowest BCUT2D eigenvalue weighted by atomic mass is 9.99. The smallest absolute Gasteiger partial charge is 0.328 e. The zero-order valence-electron chi connectivity index (χ0n) is 58.1. The number of carboxylic acids is 1. The molecule has 0 aliphatic heterocycles. The Labute approximate surface area is 574 Å². The fourth-order valence-electron chi connectivity index (χ4n) is 9.20. The molecule has 0 aromatic rings. The fourth-order valence-corrected chi connectivity index (χ4v) is 9.20. The SMILES string of the molecule is CCCC[C@H](NC(=O)CNC(=O)[C@H](CCCN=C(N)N)NC(=O)[C@H](CC(N)=O)NC(=O)[C@H](CC(C)C)NC(=O)[C@@H](N)CC(N)=O)C(=O)N[C@H](C(=O)N[C@@H](CC(C)C)C(=O)NCC(=O)N[C@@H](CO)C(=O)N[C@@H](CC(C)C)C(=O)N[C@@H](C)C(=O)N[C@@H](CO)C(=O)N[C@H](C(=O)O)[C@@H](C)O)C(C)C. The van der Waals surface area contributed by atoms with E-state index in [0.29, 0.717) is 12.8 Å². The number of aliphatic carboxylic acids is 1. The molecule has 0 saturated carbocycles. The summed E-state index contributed by atoms with van der Waals surface area (Å²) >= 11 is 0. The molecule has 0 aromatic heterocycles. The first-order chi connectivity index (χ1) is 46.1. The van der Waals surface area contributed by atoms with E-state index in [-0.39, 0.29) is 68.8 Å². The number of carbonyl (C=O) groups is 16. The van der Waals surface area contributed by atoms with Crippen LogP contribution in [0.3, 0.4) is 0 Å². The molecule has 0 aliphatic carbocycles. The van der Waals surface area contributed by atoms with Crippen molar-refractivity contribution in [2.24, 2.45) is 57.3 Å². The maximum absolute atomic E-state index is 14.1. The van der Waals surface area contributed by atoms with Gasteiger partial charge < -0.3 is 118 Å². The van der Waals surface area contributed by atoms with Crippen LogP contribution in [0.1, 0.15) is 140 Å². The number of unbranched alkanes of at least 4 members (excludes halogenated alkanes) is 1. The van der Waals surface area contributed by atoms with Crippen molar-refractivity contribution in [1.29, 1.82) is 0 Å². The third-order valence-electron chi connectivity index (χ3n) is 14.4. The van der Waals surface area contributed by atoms with Gasteiger partial charge in [0.15, 0.2) is 12.0 Å². The van der Waals surface area contributed by atoms with Crippen molar-refractivity contribution in [3.05, 3.63) is 0 Å². The van der Waals surface area contributed by atoms with E-state index >= 15 is 0 Å². The van der Waals surface area contributed by atoms with Gasteiger partial charge in [-0.15, -0.1) is 0 Å². The van der Waals surface area contributed by atoms with Crippen molar-refractivity contribution in [2.45, 2.75) is 219 Å². The topological polar surface area (TPSA) is 653 Å². The van der Waals surface area contributed by atoms with Gasteiger partial charge >= 0.3 is 5.97 Å². The summed E-state index contributed by atoms with van der Waals surface area (Å²) in [6.45, 7) is 13.9. The van der Waals surface area contributed by atoms with Gasteiger partial charge in [0.25, 0.3) is 0 Å². The number of aliphatic imine (C=N–C) groups is 1. The van der Waals surface area contributed by atoms with Crippen molar-refractivity contribution in [3.63, 3.8) is 0 Å². The predicted molar refractivity (Wildman–Crippen MR) is 355 cm³/mol. The quantitative estimate of drug-likeness (QED) is 0.0153. The highest BCUT2D eigenvalue weighted by Gasteiger charge is 2.37. The van der Waals surface area contributed by atoms with Gasteiger partial charge in [0.05, 0.1) is 51.3 Å². The lowest BCUT2D eigenvalue weighted by molar-refractivity contribution is -0.145. The number of hydrogen-bond acceptors (Lipinski definition) is 21. The monoisotopic (exact) mass is 1410 g/mol. The number of nitrogens with one attached hydrogen (secondary N) is 13. The van der Waals surface area contributed by atoms with Crippen LogP contribution in [0.25, 0.3) is 0 Å². The molecule has 0 fully saturated rings. The fraction of sp³-hybridized carbons (Fsp3) is 0.717. The molecule has 0 heterocycles. The number of aliphatic hydroxyl groups is 3. The standard InChI is InChI=1S/C60H107N19O20/c1-12-13-15-35(70-44(85)23-67-50(89)34(16-14-17-66-60(64)65)72-55(94)39(22-43(63)84)75-54(93)38(20-29(6)7)73-49(88)33(61)21-42(62)83)52(91)78-46(30(8)9)58(97)76-36(18-27(2)3)51(90)68-24-45(86)71-40(25-80)56(95)74-37(19-28(4)5)53(92)69-31(10)48(87)77-41(26-81)57(96)79-47(32(11)82)59(98)99/h27-41,46-47,80-82H,12-26,61H2,1-11H3,(H2,62,83)(H2,63,84)(H,67,89)(H,68,90)(H,69,92)(H,70,85)(H,71,86)(H,72,94)(H,73,88)(H,74,95)(H,75,93)(H,76,97)(H,77,87)(H,78,91)(H,79,96)(H,98,99)(H4,64,65,66)/t31-,32+,33-,34-,35-,36-,37-,38-,39-,40-,41-,46-,47-/m0/s1. The van der Waals surface area contributed by atoms with Crippen LogP contribution >= 0.6 is 0 Å². The van der Waals surface area contributed by atoms with Crippen LogP contribution in [0.2, 0.25) is 0 Å². The molecule has 562 valence electrons. The normalized spacial score (nSPS) is 15.1. The second kappa shape index (κ2) is 46.0. The molecule has 39 nitrogen and oxygen atoms in total. The second-order valence-corrected chi connectivity index (χ2v) is 25.4. The van der Waals surface area contributed by atoms with Gasteiger partial charge in [-0.2, -0.15) is 0 Å². The van der Waals surface area contributed by atoms with Crippen LogP contribution < -0.4 is 97.8 Å². The Morgan fingerprint density at radius 3 is 1.22 bits per heavy atom. The van der Waals surface area contributed by atoms with Crippen LogP contribution in [0.15, 0.2) is 4.99 Å². The number of carboxylic acid groups (broad SMARTS) is 1. The summed E-state index contributed by atoms with van der Waals surface area (Å²) in [6, 6.07) is -18.0. The van der Waals surface area contributed by atoms with Crippen LogP contribution in [0.4, 0.5) is 0 Å². The molecule has 15 amide bonds. The Bertz CT molecular complexity index is 2800. The highest BCUT2D eigenvalue weighted by atomic mass is 16.4. The third-order valence-corrected chi connectivity index (χ3v) is 14.4. The second-order valence-electron chi connectivity index (χ2n) is 25.4. The maximum Gasteiger partial charge on any atom is 0.328 e. The average molecular weight is 1410 g/mol. The highest BCUT2D eigenvalue weighted by Crippen LogP contribution is 2.13.